The number of nitrogens with zero attached hydrogens (tertiary/aromatic N) is 2. The van der Waals surface area contributed by atoms with E-state index in [9.17, 15) is 9.90 Å². The molecule has 25 heavy (non-hydrogen) atoms. The van der Waals surface area contributed by atoms with E-state index in [0.717, 1.165) is 0 Å². The fourth-order valence-corrected chi connectivity index (χ4v) is 3.03. The topological polar surface area (TPSA) is 67.2 Å². The van der Waals surface area contributed by atoms with Gasteiger partial charge in [0.2, 0.25) is 0 Å². The van der Waals surface area contributed by atoms with Gasteiger partial charge in [0.25, 0.3) is 5.56 Å². The third kappa shape index (κ3) is 3.90. The molecule has 0 saturated heterocycles. The number of aliphatic hydroxyl groups excluding tert-OH is 1. The highest BCUT2D eigenvalue weighted by Gasteiger charge is 2.13. The number of anilines is 1. The Bertz CT molecular complexity index is 975. The summed E-state index contributed by atoms with van der Waals surface area (Å²) in [6.07, 6.45) is 0.555. The Hall–Kier alpha value is -1.79. The van der Waals surface area contributed by atoms with Crippen molar-refractivity contribution in [3.05, 3.63) is 68.1 Å². The minimum absolute atomic E-state index is 0.0576. The second kappa shape index (κ2) is 7.62. The quantitative estimate of drug-likeness (QED) is 0.685. The van der Waals surface area contributed by atoms with Crippen LogP contribution in [0.15, 0.2) is 47.5 Å². The van der Waals surface area contributed by atoms with Crippen molar-refractivity contribution in [2.24, 2.45) is 0 Å². The molecule has 5 nitrogen and oxygen atoms in total. The van der Waals surface area contributed by atoms with Crippen LogP contribution in [0, 0.1) is 0 Å². The molecule has 2 N–H and O–H groups in total. The van der Waals surface area contributed by atoms with Crippen molar-refractivity contribution in [2.75, 3.05) is 11.9 Å². The smallest absolute Gasteiger partial charge is 0.262 e. The third-order valence-corrected chi connectivity index (χ3v) is 4.83. The lowest BCUT2D eigenvalue weighted by molar-refractivity contribution is 0.165. The maximum absolute atomic E-state index is 12.6. The first-order valence-electron chi connectivity index (χ1n) is 7.47. The summed E-state index contributed by atoms with van der Waals surface area (Å²) in [6, 6.07) is 10.4. The molecule has 0 aliphatic heterocycles. The first kappa shape index (κ1) is 18.0. The number of nitrogens with one attached hydrogen (secondary N) is 1. The van der Waals surface area contributed by atoms with Gasteiger partial charge in [-0.25, -0.2) is 4.98 Å². The summed E-state index contributed by atoms with van der Waals surface area (Å²) >= 11 is 18.1. The van der Waals surface area contributed by atoms with E-state index < -0.39 is 6.10 Å². The van der Waals surface area contributed by atoms with E-state index >= 15 is 0 Å². The standard InChI is InChI=1S/C17H14Cl3N3O2/c18-11-3-1-2-4-13(11)21-7-10(24)8-23-9-22-14-6-5-12(19)16(20)15(14)17(23)25/h1-6,9-10,21,24H,7-8H2/t10-/m1/s1. The van der Waals surface area contributed by atoms with Crippen LogP contribution in [0.4, 0.5) is 5.69 Å². The third-order valence-electron chi connectivity index (χ3n) is 3.69. The van der Waals surface area contributed by atoms with E-state index in [0.29, 0.717) is 16.2 Å². The van der Waals surface area contributed by atoms with Crippen LogP contribution in [0.25, 0.3) is 10.9 Å². The molecule has 0 aliphatic rings. The molecule has 0 bridgehead atoms. The van der Waals surface area contributed by atoms with Crippen molar-refractivity contribution in [1.82, 2.24) is 9.55 Å². The first-order valence-corrected chi connectivity index (χ1v) is 8.60. The first-order chi connectivity index (χ1) is 12.0. The highest BCUT2D eigenvalue weighted by atomic mass is 35.5. The van der Waals surface area contributed by atoms with E-state index in [2.05, 4.69) is 10.3 Å². The molecule has 0 fully saturated rings. The molecule has 0 unspecified atom stereocenters. The van der Waals surface area contributed by atoms with Gasteiger partial charge in [-0.2, -0.15) is 0 Å². The van der Waals surface area contributed by atoms with Crippen LogP contribution in [0.3, 0.4) is 0 Å². The number of hydrogen-bond acceptors (Lipinski definition) is 4. The summed E-state index contributed by atoms with van der Waals surface area (Å²) in [4.78, 5) is 16.8. The average molecular weight is 399 g/mol. The van der Waals surface area contributed by atoms with Crippen molar-refractivity contribution in [3.63, 3.8) is 0 Å². The number of hydrogen-bond donors (Lipinski definition) is 2. The van der Waals surface area contributed by atoms with Gasteiger partial charge in [-0.1, -0.05) is 46.9 Å². The van der Waals surface area contributed by atoms with Crippen molar-refractivity contribution < 1.29 is 5.11 Å². The van der Waals surface area contributed by atoms with Gasteiger partial charge in [-0.05, 0) is 24.3 Å². The van der Waals surface area contributed by atoms with Crippen molar-refractivity contribution in [2.45, 2.75) is 12.6 Å². The van der Waals surface area contributed by atoms with Crippen LogP contribution >= 0.6 is 34.8 Å². The molecule has 2 aromatic carbocycles. The maximum Gasteiger partial charge on any atom is 0.262 e. The van der Waals surface area contributed by atoms with Crippen LogP contribution < -0.4 is 10.9 Å². The molecular weight excluding hydrogens is 385 g/mol. The van der Waals surface area contributed by atoms with Gasteiger partial charge < -0.3 is 10.4 Å². The molecular formula is C17H14Cl3N3O2. The maximum atomic E-state index is 12.6. The van der Waals surface area contributed by atoms with Crippen molar-refractivity contribution >= 4 is 51.4 Å². The van der Waals surface area contributed by atoms with E-state index in [1.54, 1.807) is 24.3 Å². The van der Waals surface area contributed by atoms with Gasteiger partial charge in [-0.15, -0.1) is 0 Å². The molecule has 1 heterocycles. The molecule has 0 aliphatic carbocycles. The van der Waals surface area contributed by atoms with Gasteiger partial charge in [0, 0.05) is 6.54 Å². The second-order valence-electron chi connectivity index (χ2n) is 5.47. The molecule has 0 amide bonds. The SMILES string of the molecule is O=c1c2c(Cl)c(Cl)ccc2ncn1C[C@H](O)CNc1ccccc1Cl. The molecule has 130 valence electrons. The van der Waals surface area contributed by atoms with Crippen LogP contribution in [0.5, 0.6) is 0 Å². The Morgan fingerprint density at radius 3 is 2.64 bits per heavy atom. The zero-order valence-electron chi connectivity index (χ0n) is 12.9. The van der Waals surface area contributed by atoms with Gasteiger partial charge in [0.15, 0.2) is 0 Å². The van der Waals surface area contributed by atoms with Gasteiger partial charge in [0.1, 0.15) is 0 Å². The monoisotopic (exact) mass is 397 g/mol. The summed E-state index contributed by atoms with van der Waals surface area (Å²) in [7, 11) is 0. The molecule has 3 aromatic rings. The van der Waals surface area contributed by atoms with E-state index in [4.69, 9.17) is 34.8 Å². The van der Waals surface area contributed by atoms with E-state index in [-0.39, 0.29) is 34.1 Å². The predicted octanol–water partition coefficient (Wildman–Crippen LogP) is 3.83. The molecule has 0 spiro atoms. The fraction of sp³-hybridized carbons (Fsp3) is 0.176. The number of halogens is 3. The summed E-state index contributed by atoms with van der Waals surface area (Å²) < 4.78 is 1.31. The lowest BCUT2D eigenvalue weighted by Crippen LogP contribution is -2.31. The van der Waals surface area contributed by atoms with Crippen LogP contribution in [0.1, 0.15) is 0 Å². The van der Waals surface area contributed by atoms with Crippen molar-refractivity contribution in [3.8, 4) is 0 Å². The zero-order chi connectivity index (χ0) is 18.0. The Morgan fingerprint density at radius 1 is 1.12 bits per heavy atom. The Labute approximate surface area is 158 Å². The predicted molar refractivity (Wildman–Crippen MR) is 102 cm³/mol. The molecule has 1 aromatic heterocycles. The largest absolute Gasteiger partial charge is 0.389 e. The van der Waals surface area contributed by atoms with E-state index in [1.165, 1.54) is 10.9 Å². The highest BCUT2D eigenvalue weighted by molar-refractivity contribution is 6.45. The fourth-order valence-electron chi connectivity index (χ4n) is 2.43. The Balaban J connectivity index is 1.78. The summed E-state index contributed by atoms with van der Waals surface area (Å²) in [6.45, 7) is 0.277. The molecule has 8 heteroatoms. The normalized spacial score (nSPS) is 12.3. The second-order valence-corrected chi connectivity index (χ2v) is 6.66. The number of rotatable bonds is 5. The number of aliphatic hydroxyl groups is 1. The summed E-state index contributed by atoms with van der Waals surface area (Å²) in [5.41, 5.74) is 0.815. The van der Waals surface area contributed by atoms with Gasteiger partial charge >= 0.3 is 0 Å². The van der Waals surface area contributed by atoms with Crippen molar-refractivity contribution in [1.29, 1.82) is 0 Å². The number of para-hydroxylation sites is 1. The van der Waals surface area contributed by atoms with Crippen LogP contribution in [-0.4, -0.2) is 27.3 Å². The lowest BCUT2D eigenvalue weighted by Gasteiger charge is -2.15. The Kier molecular flexibility index (Phi) is 5.49. The molecule has 0 saturated carbocycles. The van der Waals surface area contributed by atoms with E-state index in [1.807, 2.05) is 12.1 Å². The average Bonchev–Trinajstić information content (AvgIpc) is 2.59. The van der Waals surface area contributed by atoms with Crippen LogP contribution in [-0.2, 0) is 6.54 Å². The number of fused-ring (bicyclic) bond motifs is 1. The zero-order valence-corrected chi connectivity index (χ0v) is 15.2. The molecule has 0 radical (unpaired) electrons. The van der Waals surface area contributed by atoms with Gasteiger partial charge in [-0.3, -0.25) is 9.36 Å². The minimum Gasteiger partial charge on any atom is -0.389 e. The summed E-state index contributed by atoms with van der Waals surface area (Å²) in [5.74, 6) is 0. The molecule has 1 atom stereocenters. The molecule has 3 rings (SSSR count). The number of aromatic nitrogens is 2. The highest BCUT2D eigenvalue weighted by Crippen LogP contribution is 2.27. The number of benzene rings is 2. The minimum atomic E-state index is -0.828. The van der Waals surface area contributed by atoms with Gasteiger partial charge in [0.05, 0.1) is 50.6 Å². The lowest BCUT2D eigenvalue weighted by atomic mass is 10.2. The van der Waals surface area contributed by atoms with Crippen LogP contribution in [0.2, 0.25) is 15.1 Å². The summed E-state index contributed by atoms with van der Waals surface area (Å²) in [5, 5.41) is 14.5. The Morgan fingerprint density at radius 2 is 1.88 bits per heavy atom.